The van der Waals surface area contributed by atoms with Crippen LogP contribution in [0.4, 0.5) is 0 Å². The van der Waals surface area contributed by atoms with Crippen LogP contribution in [0, 0.1) is 3.57 Å². The lowest BCUT2D eigenvalue weighted by Gasteiger charge is -2.18. The van der Waals surface area contributed by atoms with E-state index < -0.39 is 0 Å². The van der Waals surface area contributed by atoms with Crippen LogP contribution in [0.1, 0.15) is 12.5 Å². The molecule has 4 heteroatoms. The molecule has 2 nitrogen and oxygen atoms in total. The molecule has 0 radical (unpaired) electrons. The van der Waals surface area contributed by atoms with Crippen LogP contribution in [-0.2, 0) is 6.54 Å². The van der Waals surface area contributed by atoms with Crippen LogP contribution >= 0.6 is 33.9 Å². The molecule has 0 aliphatic heterocycles. The number of nitrogens with zero attached hydrogens (tertiary/aromatic N) is 1. The zero-order valence-electron chi connectivity index (χ0n) is 9.82. The average Bonchev–Trinajstić information content (AvgIpc) is 2.71. The van der Waals surface area contributed by atoms with E-state index in [1.807, 2.05) is 0 Å². The van der Waals surface area contributed by atoms with Gasteiger partial charge in [-0.05, 0) is 63.7 Å². The molecule has 0 aliphatic rings. The van der Waals surface area contributed by atoms with E-state index in [0.29, 0.717) is 0 Å². The number of rotatable bonds is 5. The summed E-state index contributed by atoms with van der Waals surface area (Å²) in [5.41, 5.74) is 1.37. The van der Waals surface area contributed by atoms with E-state index in [4.69, 9.17) is 5.11 Å². The standard InChI is InChI=1S/C13H16INOS/c1-2-15(5-6-16)8-10-9-17-13-4-3-11(14)7-12(10)13/h3-4,7,9,16H,2,5-6,8H2,1H3. The highest BCUT2D eigenvalue weighted by atomic mass is 127. The molecular weight excluding hydrogens is 345 g/mol. The Hall–Kier alpha value is -0.170. The van der Waals surface area contributed by atoms with Crippen LogP contribution in [0.15, 0.2) is 23.6 Å². The van der Waals surface area contributed by atoms with Crippen LogP contribution in [0.3, 0.4) is 0 Å². The summed E-state index contributed by atoms with van der Waals surface area (Å²) < 4.78 is 2.63. The maximum absolute atomic E-state index is 9.01. The first-order chi connectivity index (χ1) is 8.24. The molecule has 0 atom stereocenters. The van der Waals surface area contributed by atoms with Crippen molar-refractivity contribution in [3.8, 4) is 0 Å². The largest absolute Gasteiger partial charge is 0.395 e. The molecule has 2 aromatic rings. The third-order valence-electron chi connectivity index (χ3n) is 2.87. The summed E-state index contributed by atoms with van der Waals surface area (Å²) in [4.78, 5) is 2.27. The fourth-order valence-electron chi connectivity index (χ4n) is 1.91. The first kappa shape index (κ1) is 13.3. The highest BCUT2D eigenvalue weighted by Gasteiger charge is 2.08. The van der Waals surface area contributed by atoms with Gasteiger partial charge in [0.15, 0.2) is 0 Å². The summed E-state index contributed by atoms with van der Waals surface area (Å²) in [6.07, 6.45) is 0. The Labute approximate surface area is 119 Å². The van der Waals surface area contributed by atoms with E-state index in [1.165, 1.54) is 19.2 Å². The van der Waals surface area contributed by atoms with Gasteiger partial charge in [0, 0.05) is 21.4 Å². The Kier molecular flexibility index (Phi) is 4.78. The maximum atomic E-state index is 9.01. The molecular formula is C13H16INOS. The van der Waals surface area contributed by atoms with Gasteiger partial charge in [-0.25, -0.2) is 0 Å². The van der Waals surface area contributed by atoms with Crippen LogP contribution in [0.5, 0.6) is 0 Å². The summed E-state index contributed by atoms with van der Waals surface area (Å²) in [7, 11) is 0. The van der Waals surface area contributed by atoms with Gasteiger partial charge < -0.3 is 5.11 Å². The van der Waals surface area contributed by atoms with Crippen molar-refractivity contribution in [1.82, 2.24) is 4.90 Å². The second kappa shape index (κ2) is 6.13. The summed E-state index contributed by atoms with van der Waals surface area (Å²) in [5, 5.41) is 12.6. The molecule has 0 fully saturated rings. The van der Waals surface area contributed by atoms with Crippen molar-refractivity contribution >= 4 is 44.0 Å². The number of aliphatic hydroxyl groups excluding tert-OH is 1. The second-order valence-corrected chi connectivity index (χ2v) is 6.15. The fraction of sp³-hybridized carbons (Fsp3) is 0.385. The Morgan fingerprint density at radius 3 is 2.94 bits per heavy atom. The molecule has 0 bridgehead atoms. The minimum atomic E-state index is 0.230. The summed E-state index contributed by atoms with van der Waals surface area (Å²) in [6, 6.07) is 6.58. The van der Waals surface area contributed by atoms with E-state index >= 15 is 0 Å². The molecule has 0 unspecified atom stereocenters. The van der Waals surface area contributed by atoms with Gasteiger partial charge in [-0.2, -0.15) is 0 Å². The highest BCUT2D eigenvalue weighted by Crippen LogP contribution is 2.28. The molecule has 17 heavy (non-hydrogen) atoms. The predicted molar refractivity (Wildman–Crippen MR) is 82.6 cm³/mol. The molecule has 0 saturated carbocycles. The fourth-order valence-corrected chi connectivity index (χ4v) is 3.33. The van der Waals surface area contributed by atoms with Crippen LogP contribution < -0.4 is 0 Å². The summed E-state index contributed by atoms with van der Waals surface area (Å²) in [5.74, 6) is 0. The molecule has 2 rings (SSSR count). The topological polar surface area (TPSA) is 23.5 Å². The molecule has 1 aromatic heterocycles. The third kappa shape index (κ3) is 3.19. The van der Waals surface area contributed by atoms with Gasteiger partial charge in [-0.15, -0.1) is 11.3 Å². The first-order valence-electron chi connectivity index (χ1n) is 5.73. The zero-order chi connectivity index (χ0) is 12.3. The maximum Gasteiger partial charge on any atom is 0.0558 e. The van der Waals surface area contributed by atoms with Gasteiger partial charge in [0.25, 0.3) is 0 Å². The number of halogens is 1. The zero-order valence-corrected chi connectivity index (χ0v) is 12.8. The lowest BCUT2D eigenvalue weighted by atomic mass is 10.1. The Morgan fingerprint density at radius 1 is 1.41 bits per heavy atom. The van der Waals surface area contributed by atoms with Crippen molar-refractivity contribution in [3.05, 3.63) is 32.7 Å². The highest BCUT2D eigenvalue weighted by molar-refractivity contribution is 14.1. The van der Waals surface area contributed by atoms with Crippen molar-refractivity contribution in [3.63, 3.8) is 0 Å². The monoisotopic (exact) mass is 361 g/mol. The number of fused-ring (bicyclic) bond motifs is 1. The van der Waals surface area contributed by atoms with Gasteiger partial charge in [0.1, 0.15) is 0 Å². The minimum Gasteiger partial charge on any atom is -0.395 e. The van der Waals surface area contributed by atoms with Crippen LogP contribution in [0.25, 0.3) is 10.1 Å². The molecule has 1 heterocycles. The SMILES string of the molecule is CCN(CCO)Cc1csc2ccc(I)cc12. The van der Waals surface area contributed by atoms with Gasteiger partial charge in [0.2, 0.25) is 0 Å². The Morgan fingerprint density at radius 2 is 2.24 bits per heavy atom. The molecule has 0 spiro atoms. The van der Waals surface area contributed by atoms with Crippen LogP contribution in [-0.4, -0.2) is 29.7 Å². The minimum absolute atomic E-state index is 0.230. The number of thiophene rings is 1. The number of aliphatic hydroxyl groups is 1. The Balaban J connectivity index is 2.26. The van der Waals surface area contributed by atoms with Crippen molar-refractivity contribution < 1.29 is 5.11 Å². The molecule has 92 valence electrons. The van der Waals surface area contributed by atoms with E-state index in [0.717, 1.165) is 19.6 Å². The van der Waals surface area contributed by atoms with Gasteiger partial charge in [-0.1, -0.05) is 6.92 Å². The number of hydrogen-bond acceptors (Lipinski definition) is 3. The van der Waals surface area contributed by atoms with Gasteiger partial charge in [-0.3, -0.25) is 4.90 Å². The van der Waals surface area contributed by atoms with E-state index in [-0.39, 0.29) is 6.61 Å². The van der Waals surface area contributed by atoms with Crippen molar-refractivity contribution in [2.24, 2.45) is 0 Å². The summed E-state index contributed by atoms with van der Waals surface area (Å²) in [6.45, 7) is 5.01. The average molecular weight is 361 g/mol. The quantitative estimate of drug-likeness (QED) is 0.826. The number of likely N-dealkylation sites (N-methyl/N-ethyl adjacent to an activating group) is 1. The van der Waals surface area contributed by atoms with Gasteiger partial charge in [0.05, 0.1) is 6.61 Å². The number of benzene rings is 1. The molecule has 0 aliphatic carbocycles. The number of hydrogen-bond donors (Lipinski definition) is 1. The van der Waals surface area contributed by atoms with Crippen molar-refractivity contribution in [1.29, 1.82) is 0 Å². The lowest BCUT2D eigenvalue weighted by Crippen LogP contribution is -2.25. The van der Waals surface area contributed by atoms with E-state index in [9.17, 15) is 0 Å². The molecule has 1 N–H and O–H groups in total. The Bertz CT molecular complexity index is 497. The second-order valence-electron chi connectivity index (χ2n) is 3.99. The van der Waals surface area contributed by atoms with Crippen LogP contribution in [0.2, 0.25) is 0 Å². The van der Waals surface area contributed by atoms with E-state index in [1.54, 1.807) is 11.3 Å². The first-order valence-corrected chi connectivity index (χ1v) is 7.69. The molecule has 0 saturated heterocycles. The molecule has 1 aromatic carbocycles. The molecule has 0 amide bonds. The van der Waals surface area contributed by atoms with Gasteiger partial charge >= 0.3 is 0 Å². The smallest absolute Gasteiger partial charge is 0.0558 e. The van der Waals surface area contributed by atoms with Crippen molar-refractivity contribution in [2.75, 3.05) is 19.7 Å². The normalized spacial score (nSPS) is 11.5. The predicted octanol–water partition coefficient (Wildman–Crippen LogP) is 3.32. The van der Waals surface area contributed by atoms with E-state index in [2.05, 4.69) is 58.0 Å². The third-order valence-corrected chi connectivity index (χ3v) is 4.56. The van der Waals surface area contributed by atoms with Crippen molar-refractivity contribution in [2.45, 2.75) is 13.5 Å². The lowest BCUT2D eigenvalue weighted by molar-refractivity contribution is 0.197. The summed E-state index contributed by atoms with van der Waals surface area (Å²) >= 11 is 4.15.